The highest BCUT2D eigenvalue weighted by Crippen LogP contribution is 2.32. The first-order valence-corrected chi connectivity index (χ1v) is 9.66. The summed E-state index contributed by atoms with van der Waals surface area (Å²) in [5, 5.41) is 7.03. The smallest absolute Gasteiger partial charge is 0.250 e. The Morgan fingerprint density at radius 3 is 2.38 bits per heavy atom. The van der Waals surface area contributed by atoms with Gasteiger partial charge in [0, 0.05) is 32.1 Å². The summed E-state index contributed by atoms with van der Waals surface area (Å²) < 4.78 is 0. The van der Waals surface area contributed by atoms with E-state index in [-0.39, 0.29) is 5.91 Å². The van der Waals surface area contributed by atoms with Gasteiger partial charge in [-0.05, 0) is 42.0 Å². The van der Waals surface area contributed by atoms with Crippen molar-refractivity contribution in [3.05, 3.63) is 73.5 Å². The number of amides is 1. The fourth-order valence-electron chi connectivity index (χ4n) is 2.10. The second-order valence-corrected chi connectivity index (χ2v) is 7.70. The third-order valence-electron chi connectivity index (χ3n) is 3.32. The quantitative estimate of drug-likeness (QED) is 0.437. The molecule has 2 aromatic carbocycles. The minimum absolute atomic E-state index is 0.320. The first-order valence-electron chi connectivity index (χ1n) is 7.27. The van der Waals surface area contributed by atoms with E-state index in [0.717, 1.165) is 5.56 Å². The van der Waals surface area contributed by atoms with Crippen molar-refractivity contribution in [3.8, 4) is 11.3 Å². The summed E-state index contributed by atoms with van der Waals surface area (Å²) in [7, 11) is 0. The van der Waals surface area contributed by atoms with Crippen LogP contribution in [-0.2, 0) is 4.79 Å². The zero-order valence-electron chi connectivity index (χ0n) is 13.0. The molecule has 0 bridgehead atoms. The fraction of sp³-hybridized carbons (Fsp3) is 0. The van der Waals surface area contributed by atoms with Crippen LogP contribution in [0.5, 0.6) is 0 Å². The van der Waals surface area contributed by atoms with Crippen LogP contribution in [-0.4, -0.2) is 10.9 Å². The topological polar surface area (TPSA) is 42.0 Å². The summed E-state index contributed by atoms with van der Waals surface area (Å²) in [5.74, 6) is -0.320. The van der Waals surface area contributed by atoms with Crippen LogP contribution < -0.4 is 5.32 Å². The number of rotatable bonds is 4. The normalized spacial score (nSPS) is 11.1. The van der Waals surface area contributed by atoms with E-state index in [1.165, 1.54) is 17.4 Å². The average Bonchev–Trinajstić information content (AvgIpc) is 3.02. The molecule has 0 spiro atoms. The van der Waals surface area contributed by atoms with Gasteiger partial charge in [-0.3, -0.25) is 10.1 Å². The van der Waals surface area contributed by atoms with E-state index in [1.807, 2.05) is 5.38 Å². The molecule has 0 fully saturated rings. The number of hydrogen-bond acceptors (Lipinski definition) is 3. The zero-order chi connectivity index (χ0) is 18.7. The highest BCUT2D eigenvalue weighted by molar-refractivity contribution is 7.14. The predicted octanol–water partition coefficient (Wildman–Crippen LogP) is 7.08. The Kier molecular flexibility index (Phi) is 6.22. The molecule has 3 rings (SSSR count). The summed E-state index contributed by atoms with van der Waals surface area (Å²) in [4.78, 5) is 16.5. The molecule has 26 heavy (non-hydrogen) atoms. The minimum atomic E-state index is -0.320. The molecule has 1 aromatic heterocycles. The number of aromatic nitrogens is 1. The van der Waals surface area contributed by atoms with Crippen molar-refractivity contribution in [2.75, 3.05) is 5.32 Å². The van der Waals surface area contributed by atoms with Gasteiger partial charge in [-0.1, -0.05) is 52.5 Å². The van der Waals surface area contributed by atoms with Gasteiger partial charge in [0.2, 0.25) is 5.91 Å². The average molecular weight is 444 g/mol. The van der Waals surface area contributed by atoms with Crippen LogP contribution in [0.15, 0.2) is 47.9 Å². The van der Waals surface area contributed by atoms with Crippen LogP contribution in [0.4, 0.5) is 5.13 Å². The molecular weight excluding hydrogens is 434 g/mol. The van der Waals surface area contributed by atoms with Crippen molar-refractivity contribution in [1.29, 1.82) is 0 Å². The Hall–Kier alpha value is -1.56. The van der Waals surface area contributed by atoms with Crippen molar-refractivity contribution in [2.45, 2.75) is 0 Å². The summed E-state index contributed by atoms with van der Waals surface area (Å²) in [6.45, 7) is 0. The van der Waals surface area contributed by atoms with Gasteiger partial charge in [0.05, 0.1) is 10.7 Å². The zero-order valence-corrected chi connectivity index (χ0v) is 16.8. The lowest BCUT2D eigenvalue weighted by molar-refractivity contribution is -0.111. The van der Waals surface area contributed by atoms with Crippen LogP contribution in [0.2, 0.25) is 20.1 Å². The first-order chi connectivity index (χ1) is 12.4. The van der Waals surface area contributed by atoms with E-state index >= 15 is 0 Å². The van der Waals surface area contributed by atoms with E-state index in [0.29, 0.717) is 36.5 Å². The number of hydrogen-bond donors (Lipinski definition) is 1. The third kappa shape index (κ3) is 4.78. The fourth-order valence-corrected chi connectivity index (χ4v) is 3.79. The van der Waals surface area contributed by atoms with E-state index in [1.54, 1.807) is 42.5 Å². The molecule has 3 nitrogen and oxygen atoms in total. The van der Waals surface area contributed by atoms with E-state index in [4.69, 9.17) is 46.4 Å². The monoisotopic (exact) mass is 442 g/mol. The van der Waals surface area contributed by atoms with Crippen molar-refractivity contribution in [1.82, 2.24) is 4.98 Å². The second-order valence-electron chi connectivity index (χ2n) is 5.15. The van der Waals surface area contributed by atoms with Crippen LogP contribution in [0.25, 0.3) is 17.3 Å². The molecule has 8 heteroatoms. The van der Waals surface area contributed by atoms with Crippen LogP contribution >= 0.6 is 57.7 Å². The van der Waals surface area contributed by atoms with Gasteiger partial charge in [0.1, 0.15) is 0 Å². The first kappa shape index (κ1) is 19.2. The molecule has 1 N–H and O–H groups in total. The number of nitrogens with zero attached hydrogens (tertiary/aromatic N) is 1. The van der Waals surface area contributed by atoms with Gasteiger partial charge in [-0.2, -0.15) is 0 Å². The lowest BCUT2D eigenvalue weighted by atomic mass is 10.2. The second kappa shape index (κ2) is 8.42. The highest BCUT2D eigenvalue weighted by Gasteiger charge is 2.10. The minimum Gasteiger partial charge on any atom is -0.298 e. The summed E-state index contributed by atoms with van der Waals surface area (Å²) in [6.07, 6.45) is 2.99. The van der Waals surface area contributed by atoms with Gasteiger partial charge in [-0.15, -0.1) is 11.3 Å². The summed E-state index contributed by atoms with van der Waals surface area (Å²) >= 11 is 25.3. The van der Waals surface area contributed by atoms with E-state index < -0.39 is 0 Å². The van der Waals surface area contributed by atoms with E-state index in [9.17, 15) is 4.79 Å². The summed E-state index contributed by atoms with van der Waals surface area (Å²) in [5.41, 5.74) is 2.10. The number of benzene rings is 2. The van der Waals surface area contributed by atoms with Crippen LogP contribution in [0.1, 0.15) is 5.56 Å². The SMILES string of the molecule is O=C(C=Cc1ccc(Cl)cc1Cl)Nc1nc(-c2ccc(Cl)cc2Cl)cs1. The molecule has 0 radical (unpaired) electrons. The standard InChI is InChI=1S/C18H10Cl4N2OS/c19-11-3-1-10(14(21)7-11)2-6-17(25)24-18-23-16(9-26-18)13-5-4-12(20)8-15(13)22/h1-9H,(H,23,24,25). The number of halogens is 4. The Labute approximate surface area is 174 Å². The molecule has 0 saturated carbocycles. The lowest BCUT2D eigenvalue weighted by Gasteiger charge is -2.01. The van der Waals surface area contributed by atoms with Crippen molar-refractivity contribution >= 4 is 74.9 Å². The summed E-state index contributed by atoms with van der Waals surface area (Å²) in [6, 6.07) is 10.2. The van der Waals surface area contributed by atoms with Crippen molar-refractivity contribution < 1.29 is 4.79 Å². The number of nitrogens with one attached hydrogen (secondary N) is 1. The van der Waals surface area contributed by atoms with Gasteiger partial charge < -0.3 is 0 Å². The third-order valence-corrected chi connectivity index (χ3v) is 5.19. The molecule has 0 aliphatic carbocycles. The molecule has 0 unspecified atom stereocenters. The molecule has 1 heterocycles. The number of anilines is 1. The van der Waals surface area contributed by atoms with Gasteiger partial charge in [0.15, 0.2) is 5.13 Å². The largest absolute Gasteiger partial charge is 0.298 e. The molecule has 0 aliphatic heterocycles. The van der Waals surface area contributed by atoms with Crippen LogP contribution in [0, 0.1) is 0 Å². The van der Waals surface area contributed by atoms with E-state index in [2.05, 4.69) is 10.3 Å². The highest BCUT2D eigenvalue weighted by atomic mass is 35.5. The Balaban J connectivity index is 1.70. The van der Waals surface area contributed by atoms with Gasteiger partial charge >= 0.3 is 0 Å². The molecule has 0 saturated heterocycles. The molecule has 1 amide bonds. The number of carbonyl (C=O) groups is 1. The van der Waals surface area contributed by atoms with Gasteiger partial charge in [-0.25, -0.2) is 4.98 Å². The Morgan fingerprint density at radius 2 is 1.69 bits per heavy atom. The van der Waals surface area contributed by atoms with Gasteiger partial charge in [0.25, 0.3) is 0 Å². The predicted molar refractivity (Wildman–Crippen MR) is 112 cm³/mol. The number of carbonyl (C=O) groups excluding carboxylic acids is 1. The maximum absolute atomic E-state index is 12.1. The molecule has 132 valence electrons. The maximum atomic E-state index is 12.1. The van der Waals surface area contributed by atoms with Crippen molar-refractivity contribution in [3.63, 3.8) is 0 Å². The molecule has 0 atom stereocenters. The van der Waals surface area contributed by atoms with Crippen LogP contribution in [0.3, 0.4) is 0 Å². The Bertz CT molecular complexity index is 1000. The lowest BCUT2D eigenvalue weighted by Crippen LogP contribution is -2.07. The molecular formula is C18H10Cl4N2OS. The van der Waals surface area contributed by atoms with Crippen molar-refractivity contribution in [2.24, 2.45) is 0 Å². The maximum Gasteiger partial charge on any atom is 0.250 e. The molecule has 3 aromatic rings. The molecule has 0 aliphatic rings. The number of thiazole rings is 1. The Morgan fingerprint density at radius 1 is 1.00 bits per heavy atom.